The van der Waals surface area contributed by atoms with Crippen LogP contribution in [0.5, 0.6) is 0 Å². The molecule has 1 aromatic carbocycles. The van der Waals surface area contributed by atoms with Crippen molar-refractivity contribution in [2.24, 2.45) is 0 Å². The summed E-state index contributed by atoms with van der Waals surface area (Å²) >= 11 is 0. The first-order valence-electron chi connectivity index (χ1n) is 10.8. The van der Waals surface area contributed by atoms with Gasteiger partial charge in [0.15, 0.2) is 9.84 Å². The largest absolute Gasteiger partial charge is 0.325 e. The molecule has 1 fully saturated rings. The first-order chi connectivity index (χ1) is 15.2. The van der Waals surface area contributed by atoms with Gasteiger partial charge < -0.3 is 10.6 Å². The number of sulfone groups is 1. The summed E-state index contributed by atoms with van der Waals surface area (Å²) in [5, 5.41) is 10.1. The number of aromatic nitrogens is 2. The molecule has 32 heavy (non-hydrogen) atoms. The van der Waals surface area contributed by atoms with Crippen molar-refractivity contribution < 1.29 is 18.0 Å². The lowest BCUT2D eigenvalue weighted by Gasteiger charge is -2.21. The maximum Gasteiger partial charge on any atom is 0.239 e. The summed E-state index contributed by atoms with van der Waals surface area (Å²) < 4.78 is 25.3. The predicted octanol–water partition coefficient (Wildman–Crippen LogP) is 2.15. The van der Waals surface area contributed by atoms with Crippen LogP contribution in [0.15, 0.2) is 30.3 Å². The van der Waals surface area contributed by atoms with Gasteiger partial charge in [-0.25, -0.2) is 13.1 Å². The van der Waals surface area contributed by atoms with Gasteiger partial charge >= 0.3 is 0 Å². The van der Waals surface area contributed by atoms with E-state index in [9.17, 15) is 18.0 Å². The Balaban J connectivity index is 1.62. The number of nitrogens with zero attached hydrogens (tertiary/aromatic N) is 3. The van der Waals surface area contributed by atoms with Gasteiger partial charge in [0.05, 0.1) is 36.3 Å². The molecule has 0 spiro atoms. The molecule has 1 atom stereocenters. The minimum absolute atomic E-state index is 0.0258. The number of carbonyl (C=O) groups is 2. The molecular formula is C22H31N5O4S. The lowest BCUT2D eigenvalue weighted by Crippen LogP contribution is -2.39. The molecule has 0 bridgehead atoms. The van der Waals surface area contributed by atoms with Crippen LogP contribution in [0.25, 0.3) is 0 Å². The molecular weight excluding hydrogens is 430 g/mol. The minimum atomic E-state index is -3.07. The van der Waals surface area contributed by atoms with E-state index in [1.54, 1.807) is 22.6 Å². The van der Waals surface area contributed by atoms with Crippen molar-refractivity contribution in [2.75, 3.05) is 41.8 Å². The molecule has 1 saturated heterocycles. The van der Waals surface area contributed by atoms with Gasteiger partial charge in [0.2, 0.25) is 11.8 Å². The highest BCUT2D eigenvalue weighted by Crippen LogP contribution is 2.27. The normalized spacial score (nSPS) is 17.4. The van der Waals surface area contributed by atoms with Crippen molar-refractivity contribution in [3.05, 3.63) is 41.6 Å². The number of amides is 2. The van der Waals surface area contributed by atoms with E-state index in [0.717, 1.165) is 17.7 Å². The third-order valence-electron chi connectivity index (χ3n) is 5.37. The van der Waals surface area contributed by atoms with Crippen LogP contribution >= 0.6 is 0 Å². The zero-order chi connectivity index (χ0) is 23.3. The minimum Gasteiger partial charge on any atom is -0.325 e. The van der Waals surface area contributed by atoms with Gasteiger partial charge in [-0.2, -0.15) is 5.10 Å². The molecule has 2 heterocycles. The van der Waals surface area contributed by atoms with Gasteiger partial charge in [-0.15, -0.1) is 0 Å². The maximum absolute atomic E-state index is 12.8. The molecule has 2 amide bonds. The fourth-order valence-electron chi connectivity index (χ4n) is 3.88. The van der Waals surface area contributed by atoms with Crippen molar-refractivity contribution >= 4 is 33.2 Å². The molecule has 0 aliphatic carbocycles. The number of hydrogen-bond donors (Lipinski definition) is 2. The smallest absolute Gasteiger partial charge is 0.239 e. The van der Waals surface area contributed by atoms with Crippen LogP contribution in [0.2, 0.25) is 0 Å². The maximum atomic E-state index is 12.8. The summed E-state index contributed by atoms with van der Waals surface area (Å²) in [5.74, 6) is 0.180. The average molecular weight is 462 g/mol. The average Bonchev–Trinajstić information content (AvgIpc) is 3.25. The van der Waals surface area contributed by atoms with Gasteiger partial charge in [-0.05, 0) is 44.9 Å². The summed E-state index contributed by atoms with van der Waals surface area (Å²) in [4.78, 5) is 27.1. The lowest BCUT2D eigenvalue weighted by atomic mass is 10.2. The lowest BCUT2D eigenvalue weighted by molar-refractivity contribution is -0.120. The number of benzene rings is 1. The first-order valence-corrected chi connectivity index (χ1v) is 12.6. The van der Waals surface area contributed by atoms with Gasteiger partial charge in [0, 0.05) is 11.8 Å². The highest BCUT2D eigenvalue weighted by Gasteiger charge is 2.31. The van der Waals surface area contributed by atoms with Gasteiger partial charge in [0.25, 0.3) is 0 Å². The molecule has 9 nitrogen and oxygen atoms in total. The van der Waals surface area contributed by atoms with Gasteiger partial charge in [-0.1, -0.05) is 25.1 Å². The number of carbonyl (C=O) groups excluding carboxylic acids is 2. The molecule has 2 N–H and O–H groups in total. The van der Waals surface area contributed by atoms with E-state index in [1.165, 1.54) is 0 Å². The van der Waals surface area contributed by atoms with Crippen LogP contribution < -0.4 is 10.6 Å². The topological polar surface area (TPSA) is 113 Å². The van der Waals surface area contributed by atoms with E-state index < -0.39 is 9.84 Å². The second-order valence-electron chi connectivity index (χ2n) is 8.29. The van der Waals surface area contributed by atoms with E-state index in [4.69, 9.17) is 0 Å². The van der Waals surface area contributed by atoms with E-state index in [2.05, 4.69) is 15.7 Å². The van der Waals surface area contributed by atoms with Crippen LogP contribution in [0, 0.1) is 13.8 Å². The molecule has 1 aromatic heterocycles. The van der Waals surface area contributed by atoms with E-state index in [-0.39, 0.29) is 42.5 Å². The molecule has 1 unspecified atom stereocenters. The van der Waals surface area contributed by atoms with Crippen LogP contribution in [0.3, 0.4) is 0 Å². The van der Waals surface area contributed by atoms with E-state index >= 15 is 0 Å². The number of rotatable bonds is 9. The molecule has 10 heteroatoms. The molecule has 2 aromatic rings. The Morgan fingerprint density at radius 1 is 1.16 bits per heavy atom. The van der Waals surface area contributed by atoms with Crippen molar-refractivity contribution in [3.8, 4) is 0 Å². The summed E-state index contributed by atoms with van der Waals surface area (Å²) in [6, 6.07) is 8.99. The Morgan fingerprint density at radius 3 is 2.47 bits per heavy atom. The Kier molecular flexibility index (Phi) is 7.68. The van der Waals surface area contributed by atoms with Crippen molar-refractivity contribution in [1.82, 2.24) is 14.7 Å². The monoisotopic (exact) mass is 461 g/mol. The van der Waals surface area contributed by atoms with E-state index in [1.807, 2.05) is 38.1 Å². The number of aryl methyl sites for hydroxylation is 2. The Labute approximate surface area is 189 Å². The molecule has 1 aliphatic rings. The summed E-state index contributed by atoms with van der Waals surface area (Å²) in [6.07, 6.45) is 1.27. The number of nitrogens with one attached hydrogen (secondary N) is 2. The number of anilines is 2. The second kappa shape index (κ2) is 10.3. The SMILES string of the molecule is CCCN(CC(=O)Nc1ccccc1C)CC(=O)Nc1cc(C)nn1C1CCS(=O)(=O)C1. The van der Waals surface area contributed by atoms with Crippen LogP contribution in [-0.4, -0.2) is 66.1 Å². The second-order valence-corrected chi connectivity index (χ2v) is 10.5. The van der Waals surface area contributed by atoms with E-state index in [0.29, 0.717) is 24.5 Å². The molecule has 174 valence electrons. The van der Waals surface area contributed by atoms with Crippen LogP contribution in [0.4, 0.5) is 11.5 Å². The standard InChI is InChI=1S/C22H31N5O4S/c1-4-10-26(13-21(28)23-19-8-6-5-7-16(19)2)14-22(29)24-20-12-17(3)25-27(20)18-9-11-32(30,31)15-18/h5-8,12,18H,4,9-11,13-15H2,1-3H3,(H,23,28)(H,24,29). The zero-order valence-corrected chi connectivity index (χ0v) is 19.6. The number of hydrogen-bond acceptors (Lipinski definition) is 6. The molecule has 3 rings (SSSR count). The van der Waals surface area contributed by atoms with Crippen molar-refractivity contribution in [3.63, 3.8) is 0 Å². The zero-order valence-electron chi connectivity index (χ0n) is 18.8. The molecule has 1 aliphatic heterocycles. The predicted molar refractivity (Wildman–Crippen MR) is 124 cm³/mol. The van der Waals surface area contributed by atoms with Gasteiger partial charge in [0.1, 0.15) is 5.82 Å². The number of para-hydroxylation sites is 1. The quantitative estimate of drug-likeness (QED) is 0.592. The Morgan fingerprint density at radius 2 is 1.84 bits per heavy atom. The molecule has 0 radical (unpaired) electrons. The van der Waals surface area contributed by atoms with Gasteiger partial charge in [-0.3, -0.25) is 14.5 Å². The van der Waals surface area contributed by atoms with Crippen LogP contribution in [-0.2, 0) is 19.4 Å². The molecule has 0 saturated carbocycles. The summed E-state index contributed by atoms with van der Waals surface area (Å²) in [6.45, 7) is 6.44. The fourth-order valence-corrected chi connectivity index (χ4v) is 5.57. The summed E-state index contributed by atoms with van der Waals surface area (Å²) in [5.41, 5.74) is 2.43. The highest BCUT2D eigenvalue weighted by atomic mass is 32.2. The first kappa shape index (κ1) is 23.9. The van der Waals surface area contributed by atoms with Crippen molar-refractivity contribution in [1.29, 1.82) is 0 Å². The highest BCUT2D eigenvalue weighted by molar-refractivity contribution is 7.91. The Hall–Kier alpha value is -2.72. The fraction of sp³-hybridized carbons (Fsp3) is 0.500. The third-order valence-corrected chi connectivity index (χ3v) is 7.12. The Bertz CT molecular complexity index is 1080. The third kappa shape index (κ3) is 6.39. The summed E-state index contributed by atoms with van der Waals surface area (Å²) in [7, 11) is -3.07. The van der Waals surface area contributed by atoms with Crippen LogP contribution in [0.1, 0.15) is 37.1 Å². The van der Waals surface area contributed by atoms with Crippen molar-refractivity contribution in [2.45, 2.75) is 39.7 Å².